The van der Waals surface area contributed by atoms with E-state index in [2.05, 4.69) is 0 Å². The monoisotopic (exact) mass is 453 g/mol. The van der Waals surface area contributed by atoms with Crippen LogP contribution in [0, 0.1) is 10.1 Å². The Morgan fingerprint density at radius 1 is 0.906 bits per heavy atom. The van der Waals surface area contributed by atoms with Crippen LogP contribution in [0.4, 0.5) is 5.69 Å². The number of hydrogen-bond acceptors (Lipinski definition) is 6. The van der Waals surface area contributed by atoms with Gasteiger partial charge in [0.25, 0.3) is 15.8 Å². The van der Waals surface area contributed by atoms with Crippen LogP contribution in [-0.4, -0.2) is 32.1 Å². The Labute approximate surface area is 183 Å². The van der Waals surface area contributed by atoms with E-state index in [1.165, 1.54) is 26.4 Å². The summed E-state index contributed by atoms with van der Waals surface area (Å²) in [7, 11) is -1.97. The Morgan fingerprint density at radius 3 is 1.97 bits per heavy atom. The summed E-state index contributed by atoms with van der Waals surface area (Å²) >= 11 is 0. The quantitative estimate of drug-likeness (QED) is 0.194. The van der Waals surface area contributed by atoms with Crippen molar-refractivity contribution in [3.63, 3.8) is 0 Å². The molecule has 164 valence electrons. The third kappa shape index (κ3) is 3.72. The predicted octanol–water partition coefficient (Wildman–Crippen LogP) is 4.76. The number of benzene rings is 4. The maximum Gasteiger partial charge on any atom is 0.299 e. The van der Waals surface area contributed by atoms with E-state index in [1.54, 1.807) is 18.2 Å². The molecule has 0 aliphatic carbocycles. The number of hydrogen-bond donors (Lipinski definition) is 1. The fraction of sp³-hybridized carbons (Fsp3) is 0.130. The second-order valence-corrected chi connectivity index (χ2v) is 8.55. The van der Waals surface area contributed by atoms with Crippen LogP contribution in [0.3, 0.4) is 0 Å². The molecule has 4 rings (SSSR count). The van der Waals surface area contributed by atoms with E-state index in [4.69, 9.17) is 9.47 Å². The standard InChI is InChI=1S/C23H19NO7S/c1-30-21-19(11-14-7-9-17(10-8-14)24(25)26)18-12-15-5-3-4-6-16(15)13-20(18)23(22(21)31-2)32(27,28)29/h3-10,12-13H,11H2,1-2H3,(H,27,28,29). The highest BCUT2D eigenvalue weighted by Crippen LogP contribution is 2.46. The Kier molecular flexibility index (Phi) is 5.45. The number of nitrogens with zero attached hydrogens (tertiary/aromatic N) is 1. The fourth-order valence-corrected chi connectivity index (χ4v) is 4.79. The molecule has 4 aromatic rings. The number of ether oxygens (including phenoxy) is 2. The SMILES string of the molecule is COc1c(OC)c(S(=O)(=O)O)c2cc3ccccc3cc2c1Cc1ccc([N+](=O)[O-])cc1. The molecule has 0 fully saturated rings. The molecule has 0 amide bonds. The molecule has 0 aliphatic rings. The number of non-ortho nitro benzene ring substituents is 1. The van der Waals surface area contributed by atoms with E-state index in [-0.39, 0.29) is 28.5 Å². The Bertz CT molecular complexity index is 1460. The van der Waals surface area contributed by atoms with E-state index in [9.17, 15) is 23.1 Å². The van der Waals surface area contributed by atoms with E-state index in [0.29, 0.717) is 16.3 Å². The van der Waals surface area contributed by atoms with Crippen LogP contribution in [0.15, 0.2) is 65.6 Å². The first-order chi connectivity index (χ1) is 15.2. The molecular formula is C23H19NO7S. The summed E-state index contributed by atoms with van der Waals surface area (Å²) in [6.07, 6.45) is 0.290. The van der Waals surface area contributed by atoms with Gasteiger partial charge in [-0.3, -0.25) is 14.7 Å². The zero-order valence-corrected chi connectivity index (χ0v) is 18.0. The van der Waals surface area contributed by atoms with E-state index in [1.807, 2.05) is 30.3 Å². The fourth-order valence-electron chi connectivity index (χ4n) is 3.94. The molecule has 4 aromatic carbocycles. The highest BCUT2D eigenvalue weighted by atomic mass is 32.2. The number of rotatable bonds is 6. The van der Waals surface area contributed by atoms with Crippen molar-refractivity contribution in [2.45, 2.75) is 11.3 Å². The molecule has 0 atom stereocenters. The lowest BCUT2D eigenvalue weighted by Crippen LogP contribution is -2.07. The summed E-state index contributed by atoms with van der Waals surface area (Å²) in [5.41, 5.74) is 1.35. The molecule has 0 saturated carbocycles. The van der Waals surface area contributed by atoms with Crippen molar-refractivity contribution in [1.82, 2.24) is 0 Å². The Hall–Kier alpha value is -3.69. The van der Waals surface area contributed by atoms with Gasteiger partial charge in [-0.05, 0) is 33.9 Å². The van der Waals surface area contributed by atoms with Crippen molar-refractivity contribution < 1.29 is 27.4 Å². The summed E-state index contributed by atoms with van der Waals surface area (Å²) in [6, 6.07) is 17.0. The van der Waals surface area contributed by atoms with Gasteiger partial charge in [-0.25, -0.2) is 0 Å². The van der Waals surface area contributed by atoms with Crippen molar-refractivity contribution >= 4 is 37.4 Å². The molecule has 0 bridgehead atoms. The summed E-state index contributed by atoms with van der Waals surface area (Å²) in [5, 5.41) is 13.5. The third-order valence-electron chi connectivity index (χ3n) is 5.34. The lowest BCUT2D eigenvalue weighted by Gasteiger charge is -2.20. The number of nitro benzene ring substituents is 1. The van der Waals surface area contributed by atoms with E-state index < -0.39 is 15.0 Å². The van der Waals surface area contributed by atoms with E-state index >= 15 is 0 Å². The highest BCUT2D eigenvalue weighted by molar-refractivity contribution is 7.86. The maximum absolute atomic E-state index is 12.4. The molecule has 8 nitrogen and oxygen atoms in total. The molecule has 9 heteroatoms. The molecule has 0 unspecified atom stereocenters. The number of methoxy groups -OCH3 is 2. The predicted molar refractivity (Wildman–Crippen MR) is 120 cm³/mol. The lowest BCUT2D eigenvalue weighted by atomic mass is 9.94. The van der Waals surface area contributed by atoms with Gasteiger partial charge in [0.05, 0.1) is 19.1 Å². The van der Waals surface area contributed by atoms with Gasteiger partial charge in [-0.15, -0.1) is 0 Å². The van der Waals surface area contributed by atoms with Gasteiger partial charge < -0.3 is 9.47 Å². The minimum Gasteiger partial charge on any atom is -0.492 e. The summed E-state index contributed by atoms with van der Waals surface area (Å²) in [4.78, 5) is 10.1. The van der Waals surface area contributed by atoms with Crippen LogP contribution < -0.4 is 9.47 Å². The van der Waals surface area contributed by atoms with Gasteiger partial charge in [0.1, 0.15) is 4.90 Å². The minimum atomic E-state index is -4.66. The van der Waals surface area contributed by atoms with Crippen molar-refractivity contribution in [2.75, 3.05) is 14.2 Å². The van der Waals surface area contributed by atoms with E-state index in [0.717, 1.165) is 16.3 Å². The molecule has 0 heterocycles. The first-order valence-electron chi connectivity index (χ1n) is 9.54. The summed E-state index contributed by atoms with van der Waals surface area (Å²) < 4.78 is 45.7. The minimum absolute atomic E-state index is 0.0316. The van der Waals surface area contributed by atoms with Crippen LogP contribution in [0.2, 0.25) is 0 Å². The van der Waals surface area contributed by atoms with Gasteiger partial charge in [0, 0.05) is 29.5 Å². The van der Waals surface area contributed by atoms with Gasteiger partial charge in [-0.2, -0.15) is 8.42 Å². The van der Waals surface area contributed by atoms with Crippen LogP contribution in [0.1, 0.15) is 11.1 Å². The molecule has 0 aliphatic heterocycles. The zero-order chi connectivity index (χ0) is 23.0. The topological polar surface area (TPSA) is 116 Å². The van der Waals surface area contributed by atoms with Crippen molar-refractivity contribution in [1.29, 1.82) is 0 Å². The van der Waals surface area contributed by atoms with Crippen LogP contribution in [0.5, 0.6) is 11.5 Å². The summed E-state index contributed by atoms with van der Waals surface area (Å²) in [5.74, 6) is 0.0657. The average Bonchev–Trinajstić information content (AvgIpc) is 2.76. The van der Waals surface area contributed by atoms with Gasteiger partial charge in [-0.1, -0.05) is 36.4 Å². The first kappa shape index (κ1) is 21.5. The second kappa shape index (κ2) is 8.10. The van der Waals surface area contributed by atoms with Crippen LogP contribution in [0.25, 0.3) is 21.5 Å². The van der Waals surface area contributed by atoms with Crippen molar-refractivity contribution in [3.05, 3.63) is 81.9 Å². The largest absolute Gasteiger partial charge is 0.492 e. The average molecular weight is 453 g/mol. The molecule has 0 aromatic heterocycles. The molecule has 1 N–H and O–H groups in total. The molecule has 0 radical (unpaired) electrons. The third-order valence-corrected chi connectivity index (χ3v) is 6.26. The van der Waals surface area contributed by atoms with Gasteiger partial charge >= 0.3 is 0 Å². The van der Waals surface area contributed by atoms with Gasteiger partial charge in [0.2, 0.25) is 0 Å². The number of nitro groups is 1. The van der Waals surface area contributed by atoms with Crippen LogP contribution >= 0.6 is 0 Å². The van der Waals surface area contributed by atoms with Gasteiger partial charge in [0.15, 0.2) is 11.5 Å². The smallest absolute Gasteiger partial charge is 0.299 e. The van der Waals surface area contributed by atoms with Crippen LogP contribution in [-0.2, 0) is 16.5 Å². The second-order valence-electron chi connectivity index (χ2n) is 7.19. The highest BCUT2D eigenvalue weighted by Gasteiger charge is 2.28. The lowest BCUT2D eigenvalue weighted by molar-refractivity contribution is -0.384. The molecular weight excluding hydrogens is 434 g/mol. The molecule has 32 heavy (non-hydrogen) atoms. The van der Waals surface area contributed by atoms with Crippen molar-refractivity contribution in [2.24, 2.45) is 0 Å². The normalized spacial score (nSPS) is 11.6. The zero-order valence-electron chi connectivity index (χ0n) is 17.2. The first-order valence-corrected chi connectivity index (χ1v) is 11.0. The Morgan fingerprint density at radius 2 is 1.47 bits per heavy atom. The Balaban J connectivity index is 2.08. The van der Waals surface area contributed by atoms with Crippen molar-refractivity contribution in [3.8, 4) is 11.5 Å². The number of fused-ring (bicyclic) bond motifs is 2. The molecule has 0 spiro atoms. The summed E-state index contributed by atoms with van der Waals surface area (Å²) in [6.45, 7) is 0. The maximum atomic E-state index is 12.4. The molecule has 0 saturated heterocycles.